The number of sulfonamides is 1. The van der Waals surface area contributed by atoms with E-state index in [0.717, 1.165) is 0 Å². The molecule has 28 heavy (non-hydrogen) atoms. The standard InChI is InChI=1S/C18H21N3O6S/c1-4-17(22)21-13-9-11(5-7-14(13)26-2)18(23)20-12-6-8-16(28(19,24)25)15(10-12)27-3/h5-10H,4H2,1-3H3,(H,20,23)(H,21,22)(H2,19,24,25). The molecule has 0 spiro atoms. The number of hydrogen-bond donors (Lipinski definition) is 3. The summed E-state index contributed by atoms with van der Waals surface area (Å²) in [6.45, 7) is 1.71. The molecule has 0 aliphatic carbocycles. The lowest BCUT2D eigenvalue weighted by Gasteiger charge is -2.13. The van der Waals surface area contributed by atoms with Gasteiger partial charge in [0.05, 0.1) is 19.9 Å². The zero-order valence-corrected chi connectivity index (χ0v) is 16.4. The minimum absolute atomic E-state index is 0.00549. The first-order chi connectivity index (χ1) is 13.2. The van der Waals surface area contributed by atoms with Crippen molar-refractivity contribution in [3.05, 3.63) is 42.0 Å². The first-order valence-corrected chi connectivity index (χ1v) is 9.74. The van der Waals surface area contributed by atoms with Crippen molar-refractivity contribution in [2.45, 2.75) is 18.2 Å². The number of hydrogen-bond acceptors (Lipinski definition) is 6. The Morgan fingerprint density at radius 3 is 2.25 bits per heavy atom. The fourth-order valence-electron chi connectivity index (χ4n) is 2.37. The van der Waals surface area contributed by atoms with Crippen LogP contribution in [-0.2, 0) is 14.8 Å². The lowest BCUT2D eigenvalue weighted by molar-refractivity contribution is -0.115. The lowest BCUT2D eigenvalue weighted by Crippen LogP contribution is -2.16. The highest BCUT2D eigenvalue weighted by Gasteiger charge is 2.17. The molecule has 0 aromatic heterocycles. The average molecular weight is 407 g/mol. The highest BCUT2D eigenvalue weighted by molar-refractivity contribution is 7.89. The van der Waals surface area contributed by atoms with Crippen LogP contribution in [0.1, 0.15) is 23.7 Å². The molecule has 0 saturated carbocycles. The Kier molecular flexibility index (Phi) is 6.60. The Hall–Kier alpha value is -3.11. The molecular weight excluding hydrogens is 386 g/mol. The number of nitrogens with one attached hydrogen (secondary N) is 2. The summed E-state index contributed by atoms with van der Waals surface area (Å²) >= 11 is 0. The maximum Gasteiger partial charge on any atom is 0.255 e. The van der Waals surface area contributed by atoms with E-state index in [4.69, 9.17) is 14.6 Å². The molecule has 0 bridgehead atoms. The van der Waals surface area contributed by atoms with Crippen molar-refractivity contribution in [2.24, 2.45) is 5.14 Å². The molecule has 2 rings (SSSR count). The molecule has 150 valence electrons. The average Bonchev–Trinajstić information content (AvgIpc) is 2.66. The van der Waals surface area contributed by atoms with Gasteiger partial charge in [-0.05, 0) is 30.3 Å². The Labute approximate surface area is 162 Å². The van der Waals surface area contributed by atoms with E-state index in [9.17, 15) is 18.0 Å². The second-order valence-electron chi connectivity index (χ2n) is 5.68. The lowest BCUT2D eigenvalue weighted by atomic mass is 10.1. The third-order valence-electron chi connectivity index (χ3n) is 3.78. The van der Waals surface area contributed by atoms with E-state index >= 15 is 0 Å². The van der Waals surface area contributed by atoms with Gasteiger partial charge in [-0.3, -0.25) is 9.59 Å². The van der Waals surface area contributed by atoms with Crippen molar-refractivity contribution in [1.82, 2.24) is 0 Å². The highest BCUT2D eigenvalue weighted by Crippen LogP contribution is 2.28. The van der Waals surface area contributed by atoms with Crippen LogP contribution in [0.2, 0.25) is 0 Å². The second-order valence-corrected chi connectivity index (χ2v) is 7.21. The van der Waals surface area contributed by atoms with Gasteiger partial charge in [0.25, 0.3) is 5.91 Å². The van der Waals surface area contributed by atoms with Crippen molar-refractivity contribution in [3.63, 3.8) is 0 Å². The third kappa shape index (κ3) is 4.99. The van der Waals surface area contributed by atoms with E-state index in [0.29, 0.717) is 17.1 Å². The maximum atomic E-state index is 12.6. The first-order valence-electron chi connectivity index (χ1n) is 8.19. The summed E-state index contributed by atoms with van der Waals surface area (Å²) in [5.41, 5.74) is 0.940. The van der Waals surface area contributed by atoms with Crippen molar-refractivity contribution in [1.29, 1.82) is 0 Å². The van der Waals surface area contributed by atoms with E-state index in [1.54, 1.807) is 13.0 Å². The summed E-state index contributed by atoms with van der Waals surface area (Å²) in [5.74, 6) is -0.275. The Morgan fingerprint density at radius 2 is 1.68 bits per heavy atom. The maximum absolute atomic E-state index is 12.6. The van der Waals surface area contributed by atoms with Crippen LogP contribution in [-0.4, -0.2) is 34.5 Å². The minimum Gasteiger partial charge on any atom is -0.495 e. The van der Waals surface area contributed by atoms with Crippen LogP contribution in [0.15, 0.2) is 41.3 Å². The van der Waals surface area contributed by atoms with E-state index in [-0.39, 0.29) is 28.5 Å². The molecule has 2 aromatic rings. The molecule has 2 aromatic carbocycles. The highest BCUT2D eigenvalue weighted by atomic mass is 32.2. The molecule has 4 N–H and O–H groups in total. The summed E-state index contributed by atoms with van der Waals surface area (Å²) in [4.78, 5) is 24.0. The smallest absolute Gasteiger partial charge is 0.255 e. The number of anilines is 2. The molecule has 10 heteroatoms. The molecule has 0 saturated heterocycles. The molecule has 0 radical (unpaired) electrons. The molecule has 0 unspecified atom stereocenters. The van der Waals surface area contributed by atoms with Gasteiger partial charge in [-0.15, -0.1) is 0 Å². The Bertz CT molecular complexity index is 1000. The number of amides is 2. The van der Waals surface area contributed by atoms with Crippen molar-refractivity contribution in [2.75, 3.05) is 24.9 Å². The predicted octanol–water partition coefficient (Wildman–Crippen LogP) is 1.95. The summed E-state index contributed by atoms with van der Waals surface area (Å²) in [7, 11) is -1.21. The van der Waals surface area contributed by atoms with Crippen LogP contribution in [0.4, 0.5) is 11.4 Å². The summed E-state index contributed by atoms with van der Waals surface area (Å²) in [6, 6.07) is 8.56. The van der Waals surface area contributed by atoms with Crippen molar-refractivity contribution in [3.8, 4) is 11.5 Å². The SMILES string of the molecule is CCC(=O)Nc1cc(C(=O)Nc2ccc(S(N)(=O)=O)c(OC)c2)ccc1OC. The molecule has 0 fully saturated rings. The number of rotatable bonds is 7. The van der Waals surface area contributed by atoms with E-state index in [1.165, 1.54) is 44.6 Å². The number of primary sulfonamides is 1. The summed E-state index contributed by atoms with van der Waals surface area (Å²) < 4.78 is 33.3. The number of carbonyl (C=O) groups excluding carboxylic acids is 2. The van der Waals surface area contributed by atoms with E-state index in [2.05, 4.69) is 10.6 Å². The zero-order valence-electron chi connectivity index (χ0n) is 15.6. The first kappa shape index (κ1) is 21.2. The predicted molar refractivity (Wildman–Crippen MR) is 104 cm³/mol. The fraction of sp³-hybridized carbons (Fsp3) is 0.222. The second kappa shape index (κ2) is 8.72. The van der Waals surface area contributed by atoms with Crippen molar-refractivity contribution >= 4 is 33.2 Å². The van der Waals surface area contributed by atoms with Crippen molar-refractivity contribution < 1.29 is 27.5 Å². The molecule has 0 heterocycles. The monoisotopic (exact) mass is 407 g/mol. The molecule has 0 aliphatic heterocycles. The quantitative estimate of drug-likeness (QED) is 0.642. The van der Waals surface area contributed by atoms with Crippen LogP contribution in [0.3, 0.4) is 0 Å². The van der Waals surface area contributed by atoms with Gasteiger partial charge in [-0.25, -0.2) is 13.6 Å². The molecule has 0 atom stereocenters. The van der Waals surface area contributed by atoms with Crippen LogP contribution >= 0.6 is 0 Å². The number of nitrogens with two attached hydrogens (primary N) is 1. The third-order valence-corrected chi connectivity index (χ3v) is 4.74. The van der Waals surface area contributed by atoms with Crippen LogP contribution in [0.25, 0.3) is 0 Å². The van der Waals surface area contributed by atoms with Crippen LogP contribution < -0.4 is 25.2 Å². The van der Waals surface area contributed by atoms with Gasteiger partial charge in [0, 0.05) is 23.7 Å². The molecule has 0 aliphatic rings. The van der Waals surface area contributed by atoms with Crippen LogP contribution in [0, 0.1) is 0 Å². The number of benzene rings is 2. The van der Waals surface area contributed by atoms with Crippen LogP contribution in [0.5, 0.6) is 11.5 Å². The normalized spacial score (nSPS) is 10.9. The molecular formula is C18H21N3O6S. The Morgan fingerprint density at radius 1 is 1.00 bits per heavy atom. The fourth-order valence-corrected chi connectivity index (χ4v) is 3.05. The largest absolute Gasteiger partial charge is 0.495 e. The molecule has 9 nitrogen and oxygen atoms in total. The van der Waals surface area contributed by atoms with Gasteiger partial charge in [-0.1, -0.05) is 6.92 Å². The van der Waals surface area contributed by atoms with Gasteiger partial charge in [0.15, 0.2) is 0 Å². The van der Waals surface area contributed by atoms with Gasteiger partial charge >= 0.3 is 0 Å². The van der Waals surface area contributed by atoms with Gasteiger partial charge in [-0.2, -0.15) is 0 Å². The molecule has 2 amide bonds. The van der Waals surface area contributed by atoms with E-state index in [1.807, 2.05) is 0 Å². The summed E-state index contributed by atoms with van der Waals surface area (Å²) in [5, 5.41) is 10.4. The van der Waals surface area contributed by atoms with Gasteiger partial charge < -0.3 is 20.1 Å². The van der Waals surface area contributed by atoms with Gasteiger partial charge in [0.2, 0.25) is 15.9 Å². The Balaban J connectivity index is 2.30. The number of ether oxygens (including phenoxy) is 2. The number of methoxy groups -OCH3 is 2. The zero-order chi connectivity index (χ0) is 20.9. The topological polar surface area (TPSA) is 137 Å². The van der Waals surface area contributed by atoms with E-state index < -0.39 is 15.9 Å². The summed E-state index contributed by atoms with van der Waals surface area (Å²) in [6.07, 6.45) is 0.274. The van der Waals surface area contributed by atoms with Gasteiger partial charge in [0.1, 0.15) is 16.4 Å². The minimum atomic E-state index is -3.96. The number of carbonyl (C=O) groups is 2.